The van der Waals surface area contributed by atoms with E-state index in [4.69, 9.17) is 22.6 Å². The van der Waals surface area contributed by atoms with E-state index in [2.05, 4.69) is 9.71 Å². The number of hydrogen-bond donors (Lipinski definition) is 2. The number of nitrogens with zero attached hydrogens (tertiary/aromatic N) is 2. The lowest BCUT2D eigenvalue weighted by atomic mass is 10.2. The molecule has 8 heteroatoms. The summed E-state index contributed by atoms with van der Waals surface area (Å²) in [5.41, 5.74) is 5.91. The molecule has 3 N–H and O–H groups in total. The van der Waals surface area contributed by atoms with Crippen LogP contribution >= 0.6 is 11.6 Å². The zero-order valence-corrected chi connectivity index (χ0v) is 11.6. The number of anilines is 2. The van der Waals surface area contributed by atoms with E-state index in [0.29, 0.717) is 5.02 Å². The SMILES string of the molecule is N#Cc1ccc(S(=O)(=O)Nc2cc(Cl)ccn2)c(N)c1. The Morgan fingerprint density at radius 2 is 2.05 bits per heavy atom. The number of halogens is 1. The first kappa shape index (κ1) is 14.1. The fourth-order valence-electron chi connectivity index (χ4n) is 1.52. The van der Waals surface area contributed by atoms with Gasteiger partial charge in [-0.2, -0.15) is 5.26 Å². The second kappa shape index (κ2) is 5.36. The first-order valence-electron chi connectivity index (χ1n) is 5.36. The van der Waals surface area contributed by atoms with Gasteiger partial charge in [0.25, 0.3) is 10.0 Å². The molecule has 0 aliphatic heterocycles. The maximum Gasteiger partial charge on any atom is 0.265 e. The van der Waals surface area contributed by atoms with Gasteiger partial charge >= 0.3 is 0 Å². The molecule has 0 amide bonds. The summed E-state index contributed by atoms with van der Waals surface area (Å²) in [6.07, 6.45) is 1.38. The molecule has 6 nitrogen and oxygen atoms in total. The van der Waals surface area contributed by atoms with E-state index in [0.717, 1.165) is 0 Å². The highest BCUT2D eigenvalue weighted by atomic mass is 35.5. The fourth-order valence-corrected chi connectivity index (χ4v) is 2.79. The molecule has 0 saturated heterocycles. The van der Waals surface area contributed by atoms with Crippen LogP contribution in [-0.4, -0.2) is 13.4 Å². The highest BCUT2D eigenvalue weighted by Crippen LogP contribution is 2.22. The van der Waals surface area contributed by atoms with Gasteiger partial charge in [-0.3, -0.25) is 4.72 Å². The number of sulfonamides is 1. The molecule has 0 saturated carbocycles. The number of aromatic nitrogens is 1. The molecular formula is C12H9ClN4O2S. The molecule has 1 heterocycles. The Morgan fingerprint density at radius 3 is 2.65 bits per heavy atom. The lowest BCUT2D eigenvalue weighted by Crippen LogP contribution is -2.15. The van der Waals surface area contributed by atoms with Crippen LogP contribution in [0.15, 0.2) is 41.4 Å². The molecule has 102 valence electrons. The molecule has 0 bridgehead atoms. The Labute approximate surface area is 120 Å². The highest BCUT2D eigenvalue weighted by Gasteiger charge is 2.18. The van der Waals surface area contributed by atoms with Crippen LogP contribution in [0.2, 0.25) is 5.02 Å². The van der Waals surface area contributed by atoms with Crippen molar-refractivity contribution in [3.05, 3.63) is 47.1 Å². The summed E-state index contributed by atoms with van der Waals surface area (Å²) in [5, 5.41) is 9.08. The van der Waals surface area contributed by atoms with E-state index in [9.17, 15) is 8.42 Å². The van der Waals surface area contributed by atoms with Gasteiger partial charge in [-0.05, 0) is 24.3 Å². The number of nitrogens with two attached hydrogens (primary N) is 1. The number of nitrogen functional groups attached to an aromatic ring is 1. The van der Waals surface area contributed by atoms with Crippen molar-refractivity contribution in [1.29, 1.82) is 5.26 Å². The molecule has 1 aromatic heterocycles. The van der Waals surface area contributed by atoms with Crippen molar-refractivity contribution in [3.8, 4) is 6.07 Å². The zero-order chi connectivity index (χ0) is 14.8. The van der Waals surface area contributed by atoms with Crippen molar-refractivity contribution in [3.63, 3.8) is 0 Å². The summed E-state index contributed by atoms with van der Waals surface area (Å²) in [7, 11) is -3.89. The molecule has 2 rings (SSSR count). The molecule has 1 aromatic carbocycles. The van der Waals surface area contributed by atoms with Crippen LogP contribution in [-0.2, 0) is 10.0 Å². The number of hydrogen-bond acceptors (Lipinski definition) is 5. The molecule has 0 spiro atoms. The number of nitriles is 1. The van der Waals surface area contributed by atoms with E-state index < -0.39 is 10.0 Å². The van der Waals surface area contributed by atoms with Gasteiger partial charge in [-0.15, -0.1) is 0 Å². The maximum atomic E-state index is 12.2. The van der Waals surface area contributed by atoms with Crippen LogP contribution in [0.1, 0.15) is 5.56 Å². The van der Waals surface area contributed by atoms with E-state index in [-0.39, 0.29) is 22.0 Å². The third kappa shape index (κ3) is 2.99. The minimum absolute atomic E-state index is 0.0152. The van der Waals surface area contributed by atoms with E-state index in [1.165, 1.54) is 36.5 Å². The van der Waals surface area contributed by atoms with Crippen LogP contribution in [0.5, 0.6) is 0 Å². The molecule has 0 aliphatic rings. The Kier molecular flexibility index (Phi) is 3.79. The van der Waals surface area contributed by atoms with E-state index in [1.54, 1.807) is 0 Å². The molecular weight excluding hydrogens is 300 g/mol. The van der Waals surface area contributed by atoms with Crippen LogP contribution in [0.3, 0.4) is 0 Å². The molecule has 0 unspecified atom stereocenters. The molecule has 20 heavy (non-hydrogen) atoms. The highest BCUT2D eigenvalue weighted by molar-refractivity contribution is 7.92. The lowest BCUT2D eigenvalue weighted by molar-refractivity contribution is 0.601. The number of pyridine rings is 1. The molecule has 0 radical (unpaired) electrons. The number of nitrogens with one attached hydrogen (secondary N) is 1. The fraction of sp³-hybridized carbons (Fsp3) is 0. The zero-order valence-electron chi connectivity index (χ0n) is 10.0. The van der Waals surface area contributed by atoms with Crippen LogP contribution in [0.25, 0.3) is 0 Å². The Hall–Kier alpha value is -2.30. The van der Waals surface area contributed by atoms with Gasteiger partial charge in [-0.25, -0.2) is 13.4 Å². The van der Waals surface area contributed by atoms with E-state index in [1.807, 2.05) is 6.07 Å². The summed E-state index contributed by atoms with van der Waals surface area (Å²) in [6.45, 7) is 0. The third-order valence-electron chi connectivity index (χ3n) is 2.39. The second-order valence-corrected chi connectivity index (χ2v) is 5.92. The van der Waals surface area contributed by atoms with Crippen molar-refractivity contribution >= 4 is 33.1 Å². The van der Waals surface area contributed by atoms with Crippen LogP contribution in [0, 0.1) is 11.3 Å². The quantitative estimate of drug-likeness (QED) is 0.843. The summed E-state index contributed by atoms with van der Waals surface area (Å²) in [5.74, 6) is 0.0845. The number of benzene rings is 1. The Morgan fingerprint density at radius 1 is 1.30 bits per heavy atom. The predicted octanol–water partition coefficient (Wildman–Crippen LogP) is 1.99. The van der Waals surface area contributed by atoms with Crippen molar-refractivity contribution in [2.45, 2.75) is 4.90 Å². The second-order valence-electron chi connectivity index (χ2n) is 3.83. The van der Waals surface area contributed by atoms with Gasteiger partial charge in [0.15, 0.2) is 0 Å². The monoisotopic (exact) mass is 308 g/mol. The van der Waals surface area contributed by atoms with Crippen molar-refractivity contribution in [2.24, 2.45) is 0 Å². The Bertz CT molecular complexity index is 799. The van der Waals surface area contributed by atoms with Crippen molar-refractivity contribution in [1.82, 2.24) is 4.98 Å². The standard InChI is InChI=1S/C12H9ClN4O2S/c13-9-3-4-16-12(6-9)17-20(18,19)11-2-1-8(7-14)5-10(11)15/h1-6H,15H2,(H,16,17). The van der Waals surface area contributed by atoms with Crippen LogP contribution in [0.4, 0.5) is 11.5 Å². The molecule has 0 aliphatic carbocycles. The topological polar surface area (TPSA) is 109 Å². The maximum absolute atomic E-state index is 12.2. The largest absolute Gasteiger partial charge is 0.398 e. The van der Waals surface area contributed by atoms with Gasteiger partial charge in [-0.1, -0.05) is 11.6 Å². The summed E-state index contributed by atoms with van der Waals surface area (Å²) in [6, 6.07) is 8.70. The molecule has 2 aromatic rings. The Balaban J connectivity index is 2.39. The van der Waals surface area contributed by atoms with Gasteiger partial charge in [0, 0.05) is 17.3 Å². The first-order valence-corrected chi connectivity index (χ1v) is 7.22. The third-order valence-corrected chi connectivity index (χ3v) is 4.05. The lowest BCUT2D eigenvalue weighted by Gasteiger charge is -2.09. The van der Waals surface area contributed by atoms with Gasteiger partial charge in [0.2, 0.25) is 0 Å². The predicted molar refractivity (Wildman–Crippen MR) is 75.6 cm³/mol. The van der Waals surface area contributed by atoms with E-state index >= 15 is 0 Å². The summed E-state index contributed by atoms with van der Waals surface area (Å²) in [4.78, 5) is 3.72. The minimum Gasteiger partial charge on any atom is -0.398 e. The first-order chi connectivity index (χ1) is 9.42. The minimum atomic E-state index is -3.89. The average molecular weight is 309 g/mol. The van der Waals surface area contributed by atoms with Gasteiger partial charge < -0.3 is 5.73 Å². The summed E-state index contributed by atoms with van der Waals surface area (Å²) < 4.78 is 26.6. The summed E-state index contributed by atoms with van der Waals surface area (Å²) >= 11 is 5.75. The van der Waals surface area contributed by atoms with Crippen molar-refractivity contribution < 1.29 is 8.42 Å². The average Bonchev–Trinajstić information content (AvgIpc) is 2.37. The number of rotatable bonds is 3. The molecule has 0 atom stereocenters. The molecule has 0 fully saturated rings. The van der Waals surface area contributed by atoms with Gasteiger partial charge in [0.05, 0.1) is 17.3 Å². The van der Waals surface area contributed by atoms with Crippen LogP contribution < -0.4 is 10.5 Å². The van der Waals surface area contributed by atoms with Gasteiger partial charge in [0.1, 0.15) is 10.7 Å². The normalized spacial score (nSPS) is 10.8. The smallest absolute Gasteiger partial charge is 0.265 e. The van der Waals surface area contributed by atoms with Crippen molar-refractivity contribution in [2.75, 3.05) is 10.5 Å².